The molecule has 1 aromatic carbocycles. The number of aromatic amines is 1. The van der Waals surface area contributed by atoms with Gasteiger partial charge in [-0.3, -0.25) is 9.59 Å². The fraction of sp³-hybridized carbons (Fsp3) is 0.444. The Kier molecular flexibility index (Phi) is 8.24. The highest BCUT2D eigenvalue weighted by molar-refractivity contribution is 6.07. The number of rotatable bonds is 5. The molecule has 1 fully saturated rings. The number of carbonyl (C=O) groups is 2. The van der Waals surface area contributed by atoms with E-state index in [0.717, 1.165) is 0 Å². The molecule has 2 aliphatic heterocycles. The lowest BCUT2D eigenvalue weighted by Gasteiger charge is -2.38. The normalized spacial score (nSPS) is 19.6. The van der Waals surface area contributed by atoms with E-state index in [-0.39, 0.29) is 42.5 Å². The molecule has 3 heterocycles. The van der Waals surface area contributed by atoms with Gasteiger partial charge < -0.3 is 30.2 Å². The van der Waals surface area contributed by atoms with Gasteiger partial charge in [-0.2, -0.15) is 13.2 Å². The Hall–Kier alpha value is -3.87. The topological polar surface area (TPSA) is 107 Å². The lowest BCUT2D eigenvalue weighted by molar-refractivity contribution is -0.138. The summed E-state index contributed by atoms with van der Waals surface area (Å²) in [7, 11) is 0. The lowest BCUT2D eigenvalue weighted by atomic mass is 10.0. The number of pyridine rings is 1. The van der Waals surface area contributed by atoms with Crippen molar-refractivity contribution in [2.24, 2.45) is 0 Å². The zero-order chi connectivity index (χ0) is 29.4. The number of amides is 2. The second kappa shape index (κ2) is 11.3. The fourth-order valence-electron chi connectivity index (χ4n) is 4.94. The molecule has 0 saturated carbocycles. The van der Waals surface area contributed by atoms with Crippen molar-refractivity contribution in [3.63, 3.8) is 0 Å². The predicted octanol–water partition coefficient (Wildman–Crippen LogP) is 4.22. The van der Waals surface area contributed by atoms with Crippen molar-refractivity contribution in [1.29, 1.82) is 0 Å². The minimum absolute atomic E-state index is 0.0177. The van der Waals surface area contributed by atoms with E-state index in [0.29, 0.717) is 36.6 Å². The number of carbonyl (C=O) groups excluding carboxylic acids is 2. The monoisotopic (exact) mass is 565 g/mol. The SMILES string of the molecule is CC(C)OC(=O)N1CC=C(c2cc(NC(=O)c3c[nH]c(=O)cc3C(F)(F)F)c(N3C[C@@H](C)N[C@@H](C)C3)cc2F)C1. The number of hydrogen-bond acceptors (Lipinski definition) is 6. The van der Waals surface area contributed by atoms with Crippen molar-refractivity contribution in [1.82, 2.24) is 15.2 Å². The van der Waals surface area contributed by atoms with Crippen LogP contribution in [0, 0.1) is 5.82 Å². The number of benzene rings is 1. The van der Waals surface area contributed by atoms with E-state index in [9.17, 15) is 27.6 Å². The van der Waals surface area contributed by atoms with Crippen molar-refractivity contribution >= 4 is 28.9 Å². The molecule has 4 rings (SSSR count). The molecule has 3 N–H and O–H groups in total. The van der Waals surface area contributed by atoms with Gasteiger partial charge >= 0.3 is 12.3 Å². The summed E-state index contributed by atoms with van der Waals surface area (Å²) in [5.41, 5.74) is -2.25. The fourth-order valence-corrected chi connectivity index (χ4v) is 4.94. The highest BCUT2D eigenvalue weighted by Crippen LogP contribution is 2.36. The minimum Gasteiger partial charge on any atom is -0.447 e. The molecule has 1 saturated heterocycles. The van der Waals surface area contributed by atoms with Gasteiger partial charge in [0.1, 0.15) is 5.82 Å². The molecular formula is C27H31F4N5O4. The summed E-state index contributed by atoms with van der Waals surface area (Å²) in [6.07, 6.45) is -3.49. The number of nitrogens with one attached hydrogen (secondary N) is 3. The molecular weight excluding hydrogens is 534 g/mol. The maximum Gasteiger partial charge on any atom is 0.417 e. The van der Waals surface area contributed by atoms with Crippen molar-refractivity contribution in [2.75, 3.05) is 36.4 Å². The predicted molar refractivity (Wildman–Crippen MR) is 142 cm³/mol. The largest absolute Gasteiger partial charge is 0.447 e. The molecule has 2 atom stereocenters. The number of aromatic nitrogens is 1. The molecule has 0 spiro atoms. The van der Waals surface area contributed by atoms with E-state index in [4.69, 9.17) is 4.74 Å². The van der Waals surface area contributed by atoms with Crippen molar-refractivity contribution in [3.8, 4) is 0 Å². The average molecular weight is 566 g/mol. The van der Waals surface area contributed by atoms with Gasteiger partial charge in [-0.05, 0) is 45.4 Å². The van der Waals surface area contributed by atoms with E-state index in [2.05, 4.69) is 15.6 Å². The summed E-state index contributed by atoms with van der Waals surface area (Å²) in [6, 6.07) is 2.96. The number of nitrogens with zero attached hydrogens (tertiary/aromatic N) is 2. The van der Waals surface area contributed by atoms with Crippen LogP contribution in [0.1, 0.15) is 49.2 Å². The van der Waals surface area contributed by atoms with Gasteiger partial charge in [-0.15, -0.1) is 0 Å². The van der Waals surface area contributed by atoms with Crippen LogP contribution < -0.4 is 21.1 Å². The van der Waals surface area contributed by atoms with Crippen LogP contribution in [0.3, 0.4) is 0 Å². The Labute approximate surface area is 228 Å². The summed E-state index contributed by atoms with van der Waals surface area (Å²) < 4.78 is 61.7. The Bertz CT molecular complexity index is 1380. The van der Waals surface area contributed by atoms with Crippen LogP contribution in [0.2, 0.25) is 0 Å². The second-order valence-corrected chi connectivity index (χ2v) is 10.3. The van der Waals surface area contributed by atoms with Gasteiger partial charge in [0.2, 0.25) is 5.56 Å². The van der Waals surface area contributed by atoms with E-state index in [1.165, 1.54) is 17.0 Å². The first-order valence-electron chi connectivity index (χ1n) is 12.8. The number of H-pyrrole nitrogens is 1. The van der Waals surface area contributed by atoms with E-state index in [1.807, 2.05) is 18.7 Å². The van der Waals surface area contributed by atoms with Crippen molar-refractivity contribution in [2.45, 2.75) is 52.1 Å². The van der Waals surface area contributed by atoms with Crippen molar-refractivity contribution < 1.29 is 31.9 Å². The zero-order valence-electron chi connectivity index (χ0n) is 22.5. The molecule has 0 bridgehead atoms. The van der Waals surface area contributed by atoms with Crippen LogP contribution in [0.4, 0.5) is 33.7 Å². The Morgan fingerprint density at radius 3 is 2.42 bits per heavy atom. The highest BCUT2D eigenvalue weighted by Gasteiger charge is 2.36. The number of piperazine rings is 1. The Morgan fingerprint density at radius 2 is 1.80 bits per heavy atom. The number of halogens is 4. The number of alkyl halides is 3. The lowest BCUT2D eigenvalue weighted by Crippen LogP contribution is -2.54. The van der Waals surface area contributed by atoms with Gasteiger partial charge in [-0.1, -0.05) is 6.08 Å². The van der Waals surface area contributed by atoms with E-state index in [1.54, 1.807) is 19.9 Å². The quantitative estimate of drug-likeness (QED) is 0.469. The van der Waals surface area contributed by atoms with Crippen LogP contribution in [0.25, 0.3) is 5.57 Å². The molecule has 216 valence electrons. The maximum absolute atomic E-state index is 15.6. The maximum atomic E-state index is 15.6. The second-order valence-electron chi connectivity index (χ2n) is 10.3. The molecule has 2 aromatic rings. The van der Waals surface area contributed by atoms with Crippen LogP contribution in [0.15, 0.2) is 35.3 Å². The minimum atomic E-state index is -4.95. The van der Waals surface area contributed by atoms with Crippen LogP contribution in [-0.4, -0.2) is 66.3 Å². The molecule has 40 heavy (non-hydrogen) atoms. The molecule has 0 radical (unpaired) electrons. The Morgan fingerprint density at radius 1 is 1.12 bits per heavy atom. The first-order valence-corrected chi connectivity index (χ1v) is 12.8. The first kappa shape index (κ1) is 29.1. The summed E-state index contributed by atoms with van der Waals surface area (Å²) in [5, 5.41) is 5.87. The molecule has 2 aliphatic rings. The molecule has 9 nitrogen and oxygen atoms in total. The van der Waals surface area contributed by atoms with Gasteiger partial charge in [0.05, 0.1) is 28.6 Å². The molecule has 0 aliphatic carbocycles. The van der Waals surface area contributed by atoms with Gasteiger partial charge in [-0.25, -0.2) is 9.18 Å². The standard InChI is InChI=1S/C27H31F4N5O4/c1-14(2)40-26(39)35-6-5-17(13-35)18-7-22(23(9-21(18)28)36-11-15(3)33-16(4)12-36)34-25(38)19-10-32-24(37)8-20(19)27(29,30)31/h5,7-10,14-16,33H,6,11-13H2,1-4H3,(H,32,37)(H,34,38)/t15-,16+. The molecule has 13 heteroatoms. The molecule has 2 amide bonds. The van der Waals surface area contributed by atoms with Crippen molar-refractivity contribution in [3.05, 3.63) is 63.3 Å². The van der Waals surface area contributed by atoms with Crippen LogP contribution in [0.5, 0.6) is 0 Å². The van der Waals surface area contributed by atoms with E-state index < -0.39 is 40.7 Å². The highest BCUT2D eigenvalue weighted by atomic mass is 19.4. The molecule has 0 unspecified atom stereocenters. The molecule has 1 aromatic heterocycles. The third-order valence-electron chi connectivity index (χ3n) is 6.57. The third kappa shape index (κ3) is 6.46. The first-order chi connectivity index (χ1) is 18.7. The summed E-state index contributed by atoms with van der Waals surface area (Å²) in [6.45, 7) is 8.44. The number of anilines is 2. The van der Waals surface area contributed by atoms with Crippen LogP contribution >= 0.6 is 0 Å². The van der Waals surface area contributed by atoms with Gasteiger partial charge in [0.15, 0.2) is 0 Å². The Balaban J connectivity index is 1.73. The smallest absolute Gasteiger partial charge is 0.417 e. The number of hydrogen-bond donors (Lipinski definition) is 3. The van der Waals surface area contributed by atoms with Crippen LogP contribution in [-0.2, 0) is 10.9 Å². The van der Waals surface area contributed by atoms with Gasteiger partial charge in [0, 0.05) is 56.1 Å². The summed E-state index contributed by atoms with van der Waals surface area (Å²) >= 11 is 0. The third-order valence-corrected chi connectivity index (χ3v) is 6.57. The summed E-state index contributed by atoms with van der Waals surface area (Å²) in [4.78, 5) is 42.4. The van der Waals surface area contributed by atoms with Gasteiger partial charge in [0.25, 0.3) is 5.91 Å². The van der Waals surface area contributed by atoms with E-state index >= 15 is 4.39 Å². The number of ether oxygens (including phenoxy) is 1. The summed E-state index contributed by atoms with van der Waals surface area (Å²) in [5.74, 6) is -1.74. The average Bonchev–Trinajstić information content (AvgIpc) is 3.33. The zero-order valence-corrected chi connectivity index (χ0v) is 22.5.